The normalized spacial score (nSPS) is 21.1. The maximum absolute atomic E-state index is 2.84. The van der Waals surface area contributed by atoms with Gasteiger partial charge in [0.2, 0.25) is 0 Å². The minimum atomic E-state index is -1.34. The molecule has 1 saturated heterocycles. The summed E-state index contributed by atoms with van der Waals surface area (Å²) >= 11 is -0.327. The van der Waals surface area contributed by atoms with E-state index in [1.165, 1.54) is 0 Å². The summed E-state index contributed by atoms with van der Waals surface area (Å²) in [6, 6.07) is 0. The minimum absolute atomic E-state index is 0.327. The fourth-order valence-electron chi connectivity index (χ4n) is 6.24. The molecule has 1 heterocycles. The third-order valence-electron chi connectivity index (χ3n) is 11.3. The monoisotopic (exact) mass is 577 g/mol. The van der Waals surface area contributed by atoms with Gasteiger partial charge in [0.25, 0.3) is 0 Å². The molecule has 0 unspecified atom stereocenters. The van der Waals surface area contributed by atoms with Crippen LogP contribution in [0.4, 0.5) is 0 Å². The SMILES string of the molecule is CC(C)[Si](C)(C)[C]1([Si](C)(C)C(C)C)CC[C]([Si](C)(C)C(C)C)([Si](C)(C)C(C)C)[Sb]1. The van der Waals surface area contributed by atoms with Gasteiger partial charge in [0.1, 0.15) is 0 Å². The summed E-state index contributed by atoms with van der Waals surface area (Å²) in [6.07, 6.45) is 3.26. The van der Waals surface area contributed by atoms with E-state index in [4.69, 9.17) is 0 Å². The van der Waals surface area contributed by atoms with E-state index in [-0.39, 0.29) is 21.6 Å². The first-order valence-electron chi connectivity index (χ1n) is 12.4. The van der Waals surface area contributed by atoms with Crippen molar-refractivity contribution in [3.8, 4) is 0 Å². The van der Waals surface area contributed by atoms with Gasteiger partial charge in [-0.15, -0.1) is 0 Å². The van der Waals surface area contributed by atoms with Crippen LogP contribution in [0.5, 0.6) is 0 Å². The Kier molecular flexibility index (Phi) is 8.71. The molecule has 1 aliphatic rings. The van der Waals surface area contributed by atoms with Crippen molar-refractivity contribution in [2.75, 3.05) is 0 Å². The summed E-state index contributed by atoms with van der Waals surface area (Å²) in [6.45, 7) is 43.6. The summed E-state index contributed by atoms with van der Waals surface area (Å²) in [4.78, 5) is 0. The number of hydrogen-bond donors (Lipinski definition) is 0. The fourth-order valence-corrected chi connectivity index (χ4v) is 61.0. The Labute approximate surface area is 200 Å². The molecule has 5 heteroatoms. The molecule has 0 aromatic heterocycles. The predicted molar refractivity (Wildman–Crippen MR) is 151 cm³/mol. The van der Waals surface area contributed by atoms with Crippen molar-refractivity contribution in [1.82, 2.24) is 0 Å². The standard InChI is InChI=1S/C24H56Si4.Sb/c1-19(2)25(9,10)23(26(11,12)20(3)4)17-18-24(27(13,14)21(5)6)28(15,16)22(7)8;/h19-22H,17-18H2,1-16H3;. The Morgan fingerprint density at radius 1 is 0.448 bits per heavy atom. The molecule has 0 amide bonds. The van der Waals surface area contributed by atoms with Gasteiger partial charge in [0.05, 0.1) is 0 Å². The van der Waals surface area contributed by atoms with Crippen molar-refractivity contribution in [3.63, 3.8) is 0 Å². The van der Waals surface area contributed by atoms with E-state index < -0.39 is 32.3 Å². The van der Waals surface area contributed by atoms with Crippen LogP contribution in [0.15, 0.2) is 0 Å². The molecular weight excluding hydrogens is 522 g/mol. The van der Waals surface area contributed by atoms with Crippen LogP contribution in [0, 0.1) is 0 Å². The topological polar surface area (TPSA) is 0 Å². The molecule has 0 aromatic carbocycles. The molecule has 0 aliphatic carbocycles. The van der Waals surface area contributed by atoms with Crippen molar-refractivity contribution >= 4 is 53.9 Å². The Bertz CT molecular complexity index is 483. The van der Waals surface area contributed by atoms with Gasteiger partial charge in [-0.3, -0.25) is 0 Å². The molecule has 0 nitrogen and oxygen atoms in total. The van der Waals surface area contributed by atoms with E-state index in [1.807, 2.05) is 0 Å². The Balaban J connectivity index is 3.91. The third kappa shape index (κ3) is 4.08. The second kappa shape index (κ2) is 8.80. The van der Waals surface area contributed by atoms with Gasteiger partial charge >= 0.3 is 202 Å². The summed E-state index contributed by atoms with van der Waals surface area (Å²) in [5.41, 5.74) is 3.69. The summed E-state index contributed by atoms with van der Waals surface area (Å²) in [5.74, 6) is 0. The van der Waals surface area contributed by atoms with Crippen molar-refractivity contribution in [1.29, 1.82) is 0 Å². The zero-order chi connectivity index (χ0) is 23.4. The van der Waals surface area contributed by atoms with Crippen molar-refractivity contribution in [3.05, 3.63) is 0 Å². The average Bonchev–Trinajstić information content (AvgIpc) is 2.99. The zero-order valence-corrected chi connectivity index (χ0v) is 29.7. The van der Waals surface area contributed by atoms with E-state index in [0.717, 1.165) is 27.4 Å². The molecule has 0 aromatic rings. The van der Waals surface area contributed by atoms with E-state index in [1.54, 1.807) is 12.8 Å². The molecule has 0 N–H and O–H groups in total. The molecular formula is C24H56SbSi4. The summed E-state index contributed by atoms with van der Waals surface area (Å²) < 4.78 is 1.69. The van der Waals surface area contributed by atoms with Gasteiger partial charge < -0.3 is 0 Å². The first-order chi connectivity index (χ1) is 12.7. The van der Waals surface area contributed by atoms with Crippen LogP contribution in [0.2, 0.25) is 79.8 Å². The van der Waals surface area contributed by atoms with E-state index in [2.05, 4.69) is 108 Å². The van der Waals surface area contributed by atoms with E-state index in [0.29, 0.717) is 0 Å². The van der Waals surface area contributed by atoms with Crippen molar-refractivity contribution in [2.24, 2.45) is 0 Å². The van der Waals surface area contributed by atoms with Crippen molar-refractivity contribution in [2.45, 2.75) is 148 Å². The van der Waals surface area contributed by atoms with Crippen LogP contribution >= 0.6 is 0 Å². The van der Waals surface area contributed by atoms with Gasteiger partial charge in [-0.1, -0.05) is 0 Å². The fraction of sp³-hybridized carbons (Fsp3) is 1.00. The van der Waals surface area contributed by atoms with Crippen LogP contribution in [0.1, 0.15) is 68.2 Å². The molecule has 1 fully saturated rings. The third-order valence-corrected chi connectivity index (χ3v) is 66.3. The molecule has 0 spiro atoms. The summed E-state index contributed by atoms with van der Waals surface area (Å²) in [7, 11) is -5.36. The molecule has 0 bridgehead atoms. The average molecular weight is 579 g/mol. The van der Waals surface area contributed by atoms with Crippen LogP contribution in [-0.4, -0.2) is 53.9 Å². The van der Waals surface area contributed by atoms with Gasteiger partial charge in [-0.05, 0) is 0 Å². The van der Waals surface area contributed by atoms with Crippen LogP contribution in [0.25, 0.3) is 0 Å². The predicted octanol–water partition coefficient (Wildman–Crippen LogP) is 9.43. The number of rotatable bonds is 8. The Morgan fingerprint density at radius 2 is 0.621 bits per heavy atom. The summed E-state index contributed by atoms with van der Waals surface area (Å²) in [5, 5.41) is 0. The van der Waals surface area contributed by atoms with Crippen LogP contribution in [0.3, 0.4) is 0 Å². The second-order valence-corrected chi connectivity index (χ2v) is 46.6. The van der Waals surface area contributed by atoms with Crippen LogP contribution in [-0.2, 0) is 0 Å². The maximum atomic E-state index is 2.84. The molecule has 29 heavy (non-hydrogen) atoms. The molecule has 1 aliphatic heterocycles. The van der Waals surface area contributed by atoms with Crippen molar-refractivity contribution < 1.29 is 0 Å². The van der Waals surface area contributed by atoms with E-state index >= 15 is 0 Å². The quantitative estimate of drug-likeness (QED) is 0.252. The first-order valence-corrected chi connectivity index (χ1v) is 27.3. The zero-order valence-electron chi connectivity index (χ0n) is 23.2. The van der Waals surface area contributed by atoms with Gasteiger partial charge in [-0.2, -0.15) is 0 Å². The molecule has 1 rings (SSSR count). The van der Waals surface area contributed by atoms with Gasteiger partial charge in [0, 0.05) is 0 Å². The number of hydrogen-bond acceptors (Lipinski definition) is 0. The Hall–Kier alpha value is 1.69. The Morgan fingerprint density at radius 3 is 0.759 bits per heavy atom. The van der Waals surface area contributed by atoms with Gasteiger partial charge in [0.15, 0.2) is 0 Å². The van der Waals surface area contributed by atoms with E-state index in [9.17, 15) is 0 Å². The van der Waals surface area contributed by atoms with Crippen LogP contribution < -0.4 is 0 Å². The second-order valence-electron chi connectivity index (χ2n) is 13.8. The molecule has 173 valence electrons. The molecule has 1 radical (unpaired) electrons. The molecule has 0 atom stereocenters. The first kappa shape index (κ1) is 28.7. The van der Waals surface area contributed by atoms with Gasteiger partial charge in [-0.25, -0.2) is 0 Å². The molecule has 0 saturated carbocycles.